The van der Waals surface area contributed by atoms with E-state index in [2.05, 4.69) is 0 Å². The highest BCUT2D eigenvalue weighted by Gasteiger charge is 2.16. The molecule has 0 saturated carbocycles. The molecule has 0 spiro atoms. The maximum atomic E-state index is 13.0. The number of allylic oxidation sites excluding steroid dienone is 1. The number of methoxy groups -OCH3 is 2. The summed E-state index contributed by atoms with van der Waals surface area (Å²) < 4.78 is 10.5. The van der Waals surface area contributed by atoms with Gasteiger partial charge >= 0.3 is 0 Å². The van der Waals surface area contributed by atoms with E-state index in [4.69, 9.17) is 9.47 Å². The molecule has 0 atom stereocenters. The summed E-state index contributed by atoms with van der Waals surface area (Å²) in [5, 5.41) is 0. The van der Waals surface area contributed by atoms with Crippen LogP contribution in [0.1, 0.15) is 15.9 Å². The van der Waals surface area contributed by atoms with Crippen molar-refractivity contribution in [2.24, 2.45) is 0 Å². The monoisotopic (exact) mass is 311 g/mol. The number of nitrogens with zero attached hydrogens (tertiary/aromatic N) is 1. The molecule has 0 aliphatic rings. The van der Waals surface area contributed by atoms with Gasteiger partial charge in [-0.25, -0.2) is 0 Å². The Morgan fingerprint density at radius 2 is 1.43 bits per heavy atom. The molecule has 2 rings (SSSR count). The summed E-state index contributed by atoms with van der Waals surface area (Å²) in [6.07, 6.45) is 1.82. The lowest BCUT2D eigenvalue weighted by Gasteiger charge is -2.13. The topological polar surface area (TPSA) is 38.8 Å². The Bertz CT molecular complexity index is 720. The van der Waals surface area contributed by atoms with Gasteiger partial charge in [-0.05, 0) is 29.8 Å². The maximum absolute atomic E-state index is 13.0. The first-order valence-electron chi connectivity index (χ1n) is 7.26. The van der Waals surface area contributed by atoms with Gasteiger partial charge in [0.25, 0.3) is 0 Å². The Labute approximate surface area is 137 Å². The highest BCUT2D eigenvalue weighted by atomic mass is 16.5. The molecule has 23 heavy (non-hydrogen) atoms. The van der Waals surface area contributed by atoms with Crippen molar-refractivity contribution in [3.63, 3.8) is 0 Å². The van der Waals surface area contributed by atoms with Gasteiger partial charge in [-0.2, -0.15) is 0 Å². The first-order chi connectivity index (χ1) is 11.0. The van der Waals surface area contributed by atoms with Crippen LogP contribution in [0.25, 0.3) is 5.57 Å². The molecular formula is C19H21NO3. The van der Waals surface area contributed by atoms with Gasteiger partial charge in [0.2, 0.25) is 0 Å². The Balaban J connectivity index is 2.48. The van der Waals surface area contributed by atoms with Crippen molar-refractivity contribution in [3.05, 3.63) is 65.9 Å². The molecule has 0 bridgehead atoms. The highest BCUT2D eigenvalue weighted by Crippen LogP contribution is 2.25. The zero-order chi connectivity index (χ0) is 16.8. The summed E-state index contributed by atoms with van der Waals surface area (Å²) in [6, 6.07) is 14.6. The van der Waals surface area contributed by atoms with Crippen molar-refractivity contribution in [2.45, 2.75) is 0 Å². The number of Topliss-reactive ketones (excluding diaryl/α,β-unsaturated/α-hetero) is 1. The molecule has 120 valence electrons. The van der Waals surface area contributed by atoms with Gasteiger partial charge in [0.05, 0.1) is 14.2 Å². The van der Waals surface area contributed by atoms with E-state index in [1.165, 1.54) is 0 Å². The van der Waals surface area contributed by atoms with Crippen molar-refractivity contribution < 1.29 is 14.3 Å². The Morgan fingerprint density at radius 1 is 0.913 bits per heavy atom. The summed E-state index contributed by atoms with van der Waals surface area (Å²) in [6.45, 7) is 0. The van der Waals surface area contributed by atoms with E-state index in [1.54, 1.807) is 26.4 Å². The number of rotatable bonds is 6. The number of benzene rings is 2. The number of hydrogen-bond donors (Lipinski definition) is 0. The lowest BCUT2D eigenvalue weighted by molar-refractivity contribution is 0.105. The van der Waals surface area contributed by atoms with E-state index >= 15 is 0 Å². The fourth-order valence-electron chi connectivity index (χ4n) is 2.23. The quantitative estimate of drug-likeness (QED) is 0.605. The molecule has 0 saturated heterocycles. The van der Waals surface area contributed by atoms with Crippen molar-refractivity contribution >= 4 is 11.4 Å². The van der Waals surface area contributed by atoms with Crippen LogP contribution in [-0.2, 0) is 0 Å². The Hall–Kier alpha value is -2.75. The maximum Gasteiger partial charge on any atom is 0.195 e. The average molecular weight is 311 g/mol. The fourth-order valence-corrected chi connectivity index (χ4v) is 2.23. The SMILES string of the molecule is COc1cccc(C(=O)C(=CN(C)C)c2cccc(OC)c2)c1. The second-order valence-corrected chi connectivity index (χ2v) is 5.30. The molecule has 0 amide bonds. The van der Waals surface area contributed by atoms with Gasteiger partial charge in [-0.15, -0.1) is 0 Å². The number of carbonyl (C=O) groups is 1. The molecule has 2 aromatic carbocycles. The molecule has 0 aliphatic heterocycles. The number of ketones is 1. The van der Waals surface area contributed by atoms with E-state index in [0.717, 1.165) is 5.56 Å². The average Bonchev–Trinajstić information content (AvgIpc) is 2.59. The summed E-state index contributed by atoms with van der Waals surface area (Å²) >= 11 is 0. The number of ether oxygens (including phenoxy) is 2. The van der Waals surface area contributed by atoms with Gasteiger partial charge in [0.15, 0.2) is 5.78 Å². The molecule has 0 heterocycles. The number of hydrogen-bond acceptors (Lipinski definition) is 4. The third-order valence-electron chi connectivity index (χ3n) is 3.34. The third-order valence-corrected chi connectivity index (χ3v) is 3.34. The zero-order valence-electron chi connectivity index (χ0n) is 13.9. The largest absolute Gasteiger partial charge is 0.497 e. The van der Waals surface area contributed by atoms with E-state index in [9.17, 15) is 4.79 Å². The van der Waals surface area contributed by atoms with E-state index in [1.807, 2.05) is 61.6 Å². The summed E-state index contributed by atoms with van der Waals surface area (Å²) in [5.41, 5.74) is 1.99. The van der Waals surface area contributed by atoms with Crippen LogP contribution in [-0.4, -0.2) is 39.0 Å². The van der Waals surface area contributed by atoms with Gasteiger partial charge in [0, 0.05) is 31.4 Å². The van der Waals surface area contributed by atoms with E-state index < -0.39 is 0 Å². The van der Waals surface area contributed by atoms with Gasteiger partial charge in [-0.3, -0.25) is 4.79 Å². The lowest BCUT2D eigenvalue weighted by Crippen LogP contribution is -2.09. The minimum atomic E-state index is -0.0640. The van der Waals surface area contributed by atoms with Gasteiger partial charge < -0.3 is 14.4 Å². The molecular weight excluding hydrogens is 290 g/mol. The van der Waals surface area contributed by atoms with Crippen LogP contribution in [0.3, 0.4) is 0 Å². The van der Waals surface area contributed by atoms with Crippen LogP contribution in [0, 0.1) is 0 Å². The fraction of sp³-hybridized carbons (Fsp3) is 0.211. The van der Waals surface area contributed by atoms with Crippen LogP contribution in [0.2, 0.25) is 0 Å². The van der Waals surface area contributed by atoms with Crippen LogP contribution in [0.5, 0.6) is 11.5 Å². The van der Waals surface area contributed by atoms with Crippen molar-refractivity contribution in [3.8, 4) is 11.5 Å². The predicted molar refractivity (Wildman–Crippen MR) is 92.0 cm³/mol. The normalized spacial score (nSPS) is 11.0. The standard InChI is InChI=1S/C19H21NO3/c1-20(2)13-18(14-7-5-9-16(11-14)22-3)19(21)15-8-6-10-17(12-15)23-4/h5-13H,1-4H3. The predicted octanol–water partition coefficient (Wildman–Crippen LogP) is 3.49. The molecule has 0 radical (unpaired) electrons. The third kappa shape index (κ3) is 4.13. The second-order valence-electron chi connectivity index (χ2n) is 5.30. The molecule has 0 fully saturated rings. The molecule has 2 aromatic rings. The molecule has 0 aromatic heterocycles. The summed E-state index contributed by atoms with van der Waals surface area (Å²) in [4.78, 5) is 14.8. The number of carbonyl (C=O) groups excluding carboxylic acids is 1. The van der Waals surface area contributed by atoms with E-state index in [0.29, 0.717) is 22.6 Å². The highest BCUT2D eigenvalue weighted by molar-refractivity contribution is 6.29. The lowest BCUT2D eigenvalue weighted by atomic mass is 9.97. The summed E-state index contributed by atoms with van der Waals surface area (Å²) in [5.74, 6) is 1.31. The molecule has 4 heteroatoms. The molecule has 4 nitrogen and oxygen atoms in total. The van der Waals surface area contributed by atoms with Gasteiger partial charge in [0.1, 0.15) is 11.5 Å². The zero-order valence-corrected chi connectivity index (χ0v) is 13.9. The van der Waals surface area contributed by atoms with Crippen molar-refractivity contribution in [2.75, 3.05) is 28.3 Å². The first-order valence-corrected chi connectivity index (χ1v) is 7.26. The molecule has 0 unspecified atom stereocenters. The minimum absolute atomic E-state index is 0.0640. The Kier molecular flexibility index (Phi) is 5.41. The van der Waals surface area contributed by atoms with Crippen molar-refractivity contribution in [1.29, 1.82) is 0 Å². The van der Waals surface area contributed by atoms with Crippen molar-refractivity contribution in [1.82, 2.24) is 4.90 Å². The second kappa shape index (κ2) is 7.49. The summed E-state index contributed by atoms with van der Waals surface area (Å²) in [7, 11) is 6.97. The van der Waals surface area contributed by atoms with Crippen LogP contribution in [0.15, 0.2) is 54.7 Å². The van der Waals surface area contributed by atoms with Crippen LogP contribution < -0.4 is 9.47 Å². The van der Waals surface area contributed by atoms with E-state index in [-0.39, 0.29) is 5.78 Å². The first kappa shape index (κ1) is 16.6. The Morgan fingerprint density at radius 3 is 1.96 bits per heavy atom. The van der Waals surface area contributed by atoms with Crippen LogP contribution in [0.4, 0.5) is 0 Å². The molecule has 0 N–H and O–H groups in total. The van der Waals surface area contributed by atoms with Gasteiger partial charge in [-0.1, -0.05) is 24.3 Å². The smallest absolute Gasteiger partial charge is 0.195 e. The minimum Gasteiger partial charge on any atom is -0.497 e. The van der Waals surface area contributed by atoms with Crippen LogP contribution >= 0.6 is 0 Å². The molecule has 0 aliphatic carbocycles.